The van der Waals surface area contributed by atoms with Gasteiger partial charge >= 0.3 is 11.9 Å². The van der Waals surface area contributed by atoms with Crippen molar-refractivity contribution in [3.63, 3.8) is 0 Å². The molecule has 0 bridgehead atoms. The van der Waals surface area contributed by atoms with E-state index < -0.39 is 139 Å². The summed E-state index contributed by atoms with van der Waals surface area (Å²) in [5, 5.41) is 51.1. The van der Waals surface area contributed by atoms with Gasteiger partial charge in [-0.05, 0) is 75.0 Å². The van der Waals surface area contributed by atoms with Gasteiger partial charge in [0.1, 0.15) is 54.4 Å². The largest absolute Gasteiger partial charge is 0.481 e. The van der Waals surface area contributed by atoms with Gasteiger partial charge < -0.3 is 62.6 Å². The topological polar surface area (TPSA) is 337 Å². The number of hydrogen-bond acceptors (Lipinski definition) is 13. The average Bonchev–Trinajstić information content (AvgIpc) is 3.30. The van der Waals surface area contributed by atoms with Gasteiger partial charge in [-0.2, -0.15) is 0 Å². The quantitative estimate of drug-likeness (QED) is 0.0319. The van der Waals surface area contributed by atoms with Crippen molar-refractivity contribution in [2.24, 2.45) is 29.6 Å². The lowest BCUT2D eigenvalue weighted by molar-refractivity contribution is -0.157. The molecule has 11 unspecified atom stereocenters. The van der Waals surface area contributed by atoms with Crippen LogP contribution in [0.5, 0.6) is 0 Å². The van der Waals surface area contributed by atoms with E-state index in [1.807, 2.05) is 0 Å². The van der Waals surface area contributed by atoms with Crippen molar-refractivity contribution in [1.29, 1.82) is 0 Å². The molecule has 428 valence electrons. The van der Waals surface area contributed by atoms with Gasteiger partial charge in [0.2, 0.25) is 47.3 Å². The highest BCUT2D eigenvalue weighted by Crippen LogP contribution is 2.17. The minimum absolute atomic E-state index is 0.0312. The molecule has 22 heteroatoms. The van der Waals surface area contributed by atoms with Crippen LogP contribution in [-0.4, -0.2) is 142 Å². The molecule has 11 atom stereocenters. The minimum Gasteiger partial charge on any atom is -0.481 e. The monoisotopic (exact) mass is 1060 g/mol. The smallest absolute Gasteiger partial charge is 0.329 e. The molecule has 75 heavy (non-hydrogen) atoms. The summed E-state index contributed by atoms with van der Waals surface area (Å²) in [6, 6.07) is -12.1. The van der Waals surface area contributed by atoms with Gasteiger partial charge in [-0.1, -0.05) is 120 Å². The molecule has 1 rings (SSSR count). The van der Waals surface area contributed by atoms with E-state index in [0.29, 0.717) is 6.42 Å². The van der Waals surface area contributed by atoms with Crippen LogP contribution >= 0.6 is 0 Å². The summed E-state index contributed by atoms with van der Waals surface area (Å²) >= 11 is 0. The Labute approximate surface area is 444 Å². The highest BCUT2D eigenvalue weighted by atomic mass is 16.5. The lowest BCUT2D eigenvalue weighted by Gasteiger charge is -2.31. The van der Waals surface area contributed by atoms with Crippen molar-refractivity contribution in [3.05, 3.63) is 12.2 Å². The zero-order chi connectivity index (χ0) is 57.1. The fraction of sp³-hybridized carbons (Fsp3) is 0.774. The maximum atomic E-state index is 14.6. The van der Waals surface area contributed by atoms with Crippen molar-refractivity contribution in [2.75, 3.05) is 6.61 Å². The van der Waals surface area contributed by atoms with Crippen LogP contribution in [0.3, 0.4) is 0 Å². The minimum atomic E-state index is -1.91. The number of carboxylic acid groups (broad SMARTS) is 1. The Morgan fingerprint density at radius 1 is 0.627 bits per heavy atom. The average molecular weight is 1070 g/mol. The van der Waals surface area contributed by atoms with Crippen LogP contribution in [0.2, 0.25) is 0 Å². The van der Waals surface area contributed by atoms with E-state index in [-0.39, 0.29) is 55.8 Å². The highest BCUT2D eigenvalue weighted by molar-refractivity contribution is 5.99. The van der Waals surface area contributed by atoms with Crippen LogP contribution < -0.4 is 42.5 Å². The van der Waals surface area contributed by atoms with E-state index in [1.54, 1.807) is 75.3 Å². The molecule has 1 aliphatic rings. The van der Waals surface area contributed by atoms with Crippen LogP contribution in [0.4, 0.5) is 0 Å². The number of unbranched alkanes of at least 4 members (excludes halogenated alkanes) is 5. The number of carbonyl (C=O) groups is 10. The Kier molecular flexibility index (Phi) is 31.3. The second-order valence-corrected chi connectivity index (χ2v) is 21.6. The second-order valence-electron chi connectivity index (χ2n) is 21.6. The molecule has 0 spiro atoms. The van der Waals surface area contributed by atoms with E-state index in [9.17, 15) is 63.3 Å². The number of hydrogen-bond donors (Lipinski definition) is 11. The number of esters is 1. The van der Waals surface area contributed by atoms with Crippen molar-refractivity contribution < 1.29 is 68.0 Å². The number of ether oxygens (including phenoxy) is 1. The summed E-state index contributed by atoms with van der Waals surface area (Å²) < 4.78 is 5.84. The van der Waals surface area contributed by atoms with Crippen LogP contribution in [0.15, 0.2) is 12.2 Å². The molecule has 1 heterocycles. The van der Waals surface area contributed by atoms with E-state index in [2.05, 4.69) is 49.5 Å². The molecule has 0 aliphatic carbocycles. The van der Waals surface area contributed by atoms with Gasteiger partial charge in [0, 0.05) is 0 Å². The number of carbonyl (C=O) groups excluding carboxylic acids is 9. The summed E-state index contributed by atoms with van der Waals surface area (Å²) in [5.74, 6) is -11.5. The summed E-state index contributed by atoms with van der Waals surface area (Å²) in [7, 11) is 0. The fourth-order valence-corrected chi connectivity index (χ4v) is 8.27. The maximum Gasteiger partial charge on any atom is 0.329 e. The van der Waals surface area contributed by atoms with Crippen molar-refractivity contribution in [2.45, 2.75) is 227 Å². The molecule has 8 amide bonds. The lowest BCUT2D eigenvalue weighted by Crippen LogP contribution is -2.62. The van der Waals surface area contributed by atoms with Crippen LogP contribution in [-0.2, 0) is 52.7 Å². The van der Waals surface area contributed by atoms with Gasteiger partial charge in [-0.15, -0.1) is 0 Å². The van der Waals surface area contributed by atoms with Gasteiger partial charge in [-0.25, -0.2) is 4.79 Å². The van der Waals surface area contributed by atoms with Gasteiger partial charge in [0.15, 0.2) is 0 Å². The standard InChI is InChI=1S/C53H92N8O14/c1-13-15-16-17-18-19-20-21-35(63)26-42(64)54-36(22-29(3)4)46(67)57-40(27-43(65)66)50(71)61-45-34(12)75-53(74)44(33(11)14-2)60-49(70)39(25-32(9)10)56-51(72)41(28-62)59-48(69)37(23-30(5)6)55-47(68)38(24-31(7)8)58-52(45)73/h20-21,29-41,44-45,62-63H,13-19,22-28H2,1-12H3,(H,54,64)(H,55,68)(H,56,72)(H,57,67)(H,58,73)(H,59,69)(H,60,70)(H,61,71)(H,65,66)/b21-20-. The van der Waals surface area contributed by atoms with Gasteiger partial charge in [0.25, 0.3) is 0 Å². The Morgan fingerprint density at radius 2 is 1.12 bits per heavy atom. The SMILES string of the molecule is CCCCCCC/C=C\C(O)CC(=O)NC(CC(C)C)C(=O)NC(CC(=O)O)C(=O)NC1C(=O)NC(CC(C)C)C(=O)NC(CC(C)C)C(=O)NC(CO)C(=O)NC(CC(C)C)C(=O)NC(C(C)CC)C(=O)OC1C. The predicted molar refractivity (Wildman–Crippen MR) is 281 cm³/mol. The molecule has 1 fully saturated rings. The van der Waals surface area contributed by atoms with E-state index in [4.69, 9.17) is 4.74 Å². The molecule has 22 nitrogen and oxygen atoms in total. The van der Waals surface area contributed by atoms with Gasteiger partial charge in [0.05, 0.1) is 25.6 Å². The predicted octanol–water partition coefficient (Wildman–Crippen LogP) is 2.18. The summed E-state index contributed by atoms with van der Waals surface area (Å²) in [4.78, 5) is 138. The van der Waals surface area contributed by atoms with Gasteiger partial charge in [-0.3, -0.25) is 43.2 Å². The fourth-order valence-electron chi connectivity index (χ4n) is 8.27. The number of aliphatic carboxylic acids is 1. The normalized spacial score (nSPS) is 23.4. The zero-order valence-electron chi connectivity index (χ0n) is 46.5. The first kappa shape index (κ1) is 67.4. The zero-order valence-corrected chi connectivity index (χ0v) is 46.5. The number of amides is 8. The summed E-state index contributed by atoms with van der Waals surface area (Å²) in [6.07, 6.45) is 5.56. The van der Waals surface area contributed by atoms with Crippen LogP contribution in [0.25, 0.3) is 0 Å². The number of aliphatic hydroxyl groups excluding tert-OH is 2. The van der Waals surface area contributed by atoms with E-state index in [1.165, 1.54) is 13.0 Å². The molecule has 1 saturated heterocycles. The number of rotatable bonds is 27. The summed E-state index contributed by atoms with van der Waals surface area (Å²) in [5.41, 5.74) is 0. The Hall–Kier alpha value is -5.64. The van der Waals surface area contributed by atoms with Crippen LogP contribution in [0, 0.1) is 29.6 Å². The third-order valence-electron chi connectivity index (χ3n) is 12.5. The Balaban J connectivity index is 3.85. The molecule has 11 N–H and O–H groups in total. The van der Waals surface area contributed by atoms with E-state index >= 15 is 0 Å². The Bertz CT molecular complexity index is 1910. The van der Waals surface area contributed by atoms with Crippen molar-refractivity contribution in [1.82, 2.24) is 42.5 Å². The number of carboxylic acids is 1. The number of cyclic esters (lactones) is 1. The molecule has 0 aromatic heterocycles. The maximum absolute atomic E-state index is 14.6. The van der Waals surface area contributed by atoms with E-state index in [0.717, 1.165) is 38.5 Å². The number of allylic oxidation sites excluding steroid dienone is 1. The highest BCUT2D eigenvalue weighted by Gasteiger charge is 2.40. The van der Waals surface area contributed by atoms with Crippen molar-refractivity contribution >= 4 is 59.2 Å². The first-order chi connectivity index (χ1) is 35.1. The van der Waals surface area contributed by atoms with Crippen LogP contribution in [0.1, 0.15) is 167 Å². The third kappa shape index (κ3) is 26.1. The molecule has 0 radical (unpaired) electrons. The molecule has 0 aromatic rings. The molecule has 0 saturated carbocycles. The second kappa shape index (κ2) is 34.8. The molecule has 1 aliphatic heterocycles. The molecular weight excluding hydrogens is 973 g/mol. The third-order valence-corrected chi connectivity index (χ3v) is 12.5. The van der Waals surface area contributed by atoms with Crippen molar-refractivity contribution in [3.8, 4) is 0 Å². The molecule has 0 aromatic carbocycles. The lowest BCUT2D eigenvalue weighted by atomic mass is 9.97. The first-order valence-corrected chi connectivity index (χ1v) is 26.9. The first-order valence-electron chi connectivity index (χ1n) is 26.9. The molecular formula is C53H92N8O14. The summed E-state index contributed by atoms with van der Waals surface area (Å²) in [6.45, 7) is 20.0. The Morgan fingerprint density at radius 3 is 1.60 bits per heavy atom. The number of aliphatic hydroxyl groups is 2. The number of nitrogens with one attached hydrogen (secondary N) is 8.